The van der Waals surface area contributed by atoms with Crippen LogP contribution in [0.4, 0.5) is 0 Å². The molecule has 1 saturated heterocycles. The van der Waals surface area contributed by atoms with E-state index in [4.69, 9.17) is 0 Å². The zero-order valence-electron chi connectivity index (χ0n) is 11.2. The first-order valence-corrected chi connectivity index (χ1v) is 7.16. The van der Waals surface area contributed by atoms with Gasteiger partial charge in [-0.05, 0) is 44.5 Å². The van der Waals surface area contributed by atoms with Crippen molar-refractivity contribution < 1.29 is 0 Å². The SMILES string of the molecule is c1ccn2c(CCNC3CCCNCC3)nnc2c1. The normalized spacial score (nSPS) is 20.5. The summed E-state index contributed by atoms with van der Waals surface area (Å²) in [5.41, 5.74) is 0.927. The molecule has 1 unspecified atom stereocenters. The molecule has 102 valence electrons. The molecule has 5 nitrogen and oxygen atoms in total. The average Bonchev–Trinajstić information content (AvgIpc) is 2.68. The first-order chi connectivity index (χ1) is 9.43. The average molecular weight is 259 g/mol. The molecule has 0 spiro atoms. The van der Waals surface area contributed by atoms with Crippen LogP contribution in [-0.2, 0) is 6.42 Å². The maximum absolute atomic E-state index is 4.26. The van der Waals surface area contributed by atoms with Gasteiger partial charge in [-0.25, -0.2) is 0 Å². The van der Waals surface area contributed by atoms with Gasteiger partial charge in [0.2, 0.25) is 0 Å². The van der Waals surface area contributed by atoms with Crippen LogP contribution < -0.4 is 10.6 Å². The molecule has 0 radical (unpaired) electrons. The van der Waals surface area contributed by atoms with Gasteiger partial charge in [0.1, 0.15) is 5.82 Å². The second kappa shape index (κ2) is 6.12. The predicted octanol–water partition coefficient (Wildman–Crippen LogP) is 1.00. The Morgan fingerprint density at radius 1 is 1.26 bits per heavy atom. The Hall–Kier alpha value is -1.46. The summed E-state index contributed by atoms with van der Waals surface area (Å²) >= 11 is 0. The van der Waals surface area contributed by atoms with Crippen LogP contribution in [0, 0.1) is 0 Å². The summed E-state index contributed by atoms with van der Waals surface area (Å²) in [6, 6.07) is 6.64. The minimum atomic E-state index is 0.647. The van der Waals surface area contributed by atoms with Crippen LogP contribution in [0.15, 0.2) is 24.4 Å². The fraction of sp³-hybridized carbons (Fsp3) is 0.571. The van der Waals surface area contributed by atoms with Gasteiger partial charge in [0, 0.05) is 25.2 Å². The van der Waals surface area contributed by atoms with Crippen molar-refractivity contribution in [2.24, 2.45) is 0 Å². The second-order valence-electron chi connectivity index (χ2n) is 5.13. The molecule has 0 bridgehead atoms. The first kappa shape index (κ1) is 12.6. The van der Waals surface area contributed by atoms with E-state index in [1.807, 2.05) is 24.4 Å². The van der Waals surface area contributed by atoms with Gasteiger partial charge in [-0.2, -0.15) is 0 Å². The Kier molecular flexibility index (Phi) is 4.05. The predicted molar refractivity (Wildman–Crippen MR) is 75.2 cm³/mol. The topological polar surface area (TPSA) is 54.2 Å². The van der Waals surface area contributed by atoms with Crippen molar-refractivity contribution in [2.45, 2.75) is 31.7 Å². The van der Waals surface area contributed by atoms with E-state index in [0.29, 0.717) is 6.04 Å². The summed E-state index contributed by atoms with van der Waals surface area (Å²) in [5.74, 6) is 1.04. The molecule has 1 aliphatic heterocycles. The molecular formula is C14H21N5. The van der Waals surface area contributed by atoms with Crippen LogP contribution >= 0.6 is 0 Å². The van der Waals surface area contributed by atoms with Gasteiger partial charge in [-0.15, -0.1) is 10.2 Å². The largest absolute Gasteiger partial charge is 0.317 e. The lowest BCUT2D eigenvalue weighted by atomic mass is 10.1. The molecule has 19 heavy (non-hydrogen) atoms. The Morgan fingerprint density at radius 2 is 2.26 bits per heavy atom. The number of nitrogens with one attached hydrogen (secondary N) is 2. The van der Waals surface area contributed by atoms with Gasteiger partial charge >= 0.3 is 0 Å². The van der Waals surface area contributed by atoms with E-state index in [2.05, 4.69) is 25.2 Å². The van der Waals surface area contributed by atoms with Crippen molar-refractivity contribution in [3.8, 4) is 0 Å². The van der Waals surface area contributed by atoms with E-state index < -0.39 is 0 Å². The van der Waals surface area contributed by atoms with E-state index in [1.165, 1.54) is 19.3 Å². The molecule has 0 aliphatic carbocycles. The fourth-order valence-electron chi connectivity index (χ4n) is 2.67. The maximum atomic E-state index is 4.26. The standard InChI is InChI=1S/C14H21N5/c1-2-11-19-13(5-1)17-18-14(19)7-10-16-12-4-3-8-15-9-6-12/h1-2,5,11-12,15-16H,3-4,6-10H2. The highest BCUT2D eigenvalue weighted by Gasteiger charge is 2.11. The van der Waals surface area contributed by atoms with Gasteiger partial charge in [0.05, 0.1) is 0 Å². The van der Waals surface area contributed by atoms with Crippen LogP contribution in [0.5, 0.6) is 0 Å². The smallest absolute Gasteiger partial charge is 0.160 e. The first-order valence-electron chi connectivity index (χ1n) is 7.16. The van der Waals surface area contributed by atoms with Gasteiger partial charge < -0.3 is 10.6 Å². The Labute approximate surface area is 113 Å². The molecule has 2 N–H and O–H groups in total. The van der Waals surface area contributed by atoms with E-state index in [-0.39, 0.29) is 0 Å². The molecule has 2 aromatic heterocycles. The number of hydrogen-bond donors (Lipinski definition) is 2. The van der Waals surface area contributed by atoms with Crippen LogP contribution in [0.25, 0.3) is 5.65 Å². The Balaban J connectivity index is 1.54. The zero-order chi connectivity index (χ0) is 12.9. The third-order valence-corrected chi connectivity index (χ3v) is 3.74. The minimum Gasteiger partial charge on any atom is -0.317 e. The number of rotatable bonds is 4. The van der Waals surface area contributed by atoms with E-state index in [1.54, 1.807) is 0 Å². The van der Waals surface area contributed by atoms with Crippen LogP contribution in [0.3, 0.4) is 0 Å². The molecule has 0 saturated carbocycles. The Bertz CT molecular complexity index is 513. The number of fused-ring (bicyclic) bond motifs is 1. The molecule has 0 aromatic carbocycles. The van der Waals surface area contributed by atoms with Crippen LogP contribution in [-0.4, -0.2) is 40.3 Å². The van der Waals surface area contributed by atoms with Crippen LogP contribution in [0.1, 0.15) is 25.1 Å². The van der Waals surface area contributed by atoms with Crippen molar-refractivity contribution in [2.75, 3.05) is 19.6 Å². The molecular weight excluding hydrogens is 238 g/mol. The van der Waals surface area contributed by atoms with Crippen LogP contribution in [0.2, 0.25) is 0 Å². The molecule has 1 atom stereocenters. The molecule has 2 aromatic rings. The second-order valence-corrected chi connectivity index (χ2v) is 5.13. The van der Waals surface area contributed by atoms with Crippen molar-refractivity contribution in [1.29, 1.82) is 0 Å². The summed E-state index contributed by atoms with van der Waals surface area (Å²) in [6.07, 6.45) is 6.72. The van der Waals surface area contributed by atoms with Crippen molar-refractivity contribution in [3.63, 3.8) is 0 Å². The highest BCUT2D eigenvalue weighted by atomic mass is 15.2. The third kappa shape index (κ3) is 3.11. The fourth-order valence-corrected chi connectivity index (χ4v) is 2.67. The molecule has 1 fully saturated rings. The Morgan fingerprint density at radius 3 is 3.26 bits per heavy atom. The molecule has 3 rings (SSSR count). The van der Waals surface area contributed by atoms with E-state index in [0.717, 1.165) is 37.5 Å². The monoisotopic (exact) mass is 259 g/mol. The third-order valence-electron chi connectivity index (χ3n) is 3.74. The lowest BCUT2D eigenvalue weighted by Crippen LogP contribution is -2.31. The minimum absolute atomic E-state index is 0.647. The lowest BCUT2D eigenvalue weighted by molar-refractivity contribution is 0.469. The highest BCUT2D eigenvalue weighted by Crippen LogP contribution is 2.06. The van der Waals surface area contributed by atoms with Crippen molar-refractivity contribution in [1.82, 2.24) is 25.2 Å². The van der Waals surface area contributed by atoms with Gasteiger partial charge in [0.15, 0.2) is 5.65 Å². The van der Waals surface area contributed by atoms with Gasteiger partial charge in [-0.3, -0.25) is 4.40 Å². The van der Waals surface area contributed by atoms with E-state index >= 15 is 0 Å². The number of nitrogens with zero attached hydrogens (tertiary/aromatic N) is 3. The number of pyridine rings is 1. The summed E-state index contributed by atoms with van der Waals surface area (Å²) < 4.78 is 2.07. The molecule has 5 heteroatoms. The summed E-state index contributed by atoms with van der Waals surface area (Å²) in [5, 5.41) is 15.5. The molecule has 1 aliphatic rings. The number of aromatic nitrogens is 3. The zero-order valence-corrected chi connectivity index (χ0v) is 11.2. The van der Waals surface area contributed by atoms with Gasteiger partial charge in [0.25, 0.3) is 0 Å². The summed E-state index contributed by atoms with van der Waals surface area (Å²) in [6.45, 7) is 3.26. The van der Waals surface area contributed by atoms with Gasteiger partial charge in [-0.1, -0.05) is 6.07 Å². The summed E-state index contributed by atoms with van der Waals surface area (Å²) in [7, 11) is 0. The van der Waals surface area contributed by atoms with E-state index in [9.17, 15) is 0 Å². The number of hydrogen-bond acceptors (Lipinski definition) is 4. The van der Waals surface area contributed by atoms with Crippen molar-refractivity contribution >= 4 is 5.65 Å². The maximum Gasteiger partial charge on any atom is 0.160 e. The molecule has 3 heterocycles. The lowest BCUT2D eigenvalue weighted by Gasteiger charge is -2.15. The highest BCUT2D eigenvalue weighted by molar-refractivity contribution is 5.36. The summed E-state index contributed by atoms with van der Waals surface area (Å²) in [4.78, 5) is 0. The van der Waals surface area contributed by atoms with Crippen molar-refractivity contribution in [3.05, 3.63) is 30.2 Å². The quantitative estimate of drug-likeness (QED) is 0.860. The molecule has 0 amide bonds.